The smallest absolute Gasteiger partial charge is 0.226 e. The summed E-state index contributed by atoms with van der Waals surface area (Å²) in [5, 5.41) is 11.9. The molecule has 7 heteroatoms. The van der Waals surface area contributed by atoms with Crippen LogP contribution in [0.3, 0.4) is 0 Å². The van der Waals surface area contributed by atoms with E-state index >= 15 is 0 Å². The van der Waals surface area contributed by atoms with Gasteiger partial charge in [0.15, 0.2) is 0 Å². The number of rotatable bonds is 7. The second-order valence-corrected chi connectivity index (χ2v) is 6.76. The number of fused-ring (bicyclic) bond motifs is 1. The third-order valence-corrected chi connectivity index (χ3v) is 4.63. The third-order valence-electron chi connectivity index (χ3n) is 4.63. The van der Waals surface area contributed by atoms with Crippen molar-refractivity contribution < 1.29 is 4.74 Å². The molecule has 2 aromatic heterocycles. The standard InChI is InChI=1S/C20H24N6O/c1-15-13-19(27-14-16-7-3-2-4-8-16)23-20(22-15)21-11-10-18-25-24-17-9-5-6-12-26(17)18/h2-4,7-8,13H,5-6,9-12,14H2,1H3,(H,21,22,23). The van der Waals surface area contributed by atoms with Gasteiger partial charge in [0.1, 0.15) is 18.3 Å². The van der Waals surface area contributed by atoms with E-state index < -0.39 is 0 Å². The van der Waals surface area contributed by atoms with Gasteiger partial charge in [0.25, 0.3) is 0 Å². The minimum atomic E-state index is 0.489. The number of nitrogens with one attached hydrogen (secondary N) is 1. The molecule has 1 N–H and O–H groups in total. The van der Waals surface area contributed by atoms with Gasteiger partial charge in [0.05, 0.1) is 0 Å². The number of anilines is 1. The molecule has 0 spiro atoms. The van der Waals surface area contributed by atoms with Gasteiger partial charge in [0, 0.05) is 37.7 Å². The first-order chi connectivity index (χ1) is 13.3. The molecule has 0 radical (unpaired) electrons. The van der Waals surface area contributed by atoms with Crippen molar-refractivity contribution >= 4 is 5.95 Å². The van der Waals surface area contributed by atoms with Crippen molar-refractivity contribution in [2.24, 2.45) is 0 Å². The maximum Gasteiger partial charge on any atom is 0.226 e. The van der Waals surface area contributed by atoms with Crippen molar-refractivity contribution in [2.45, 2.75) is 45.8 Å². The molecule has 0 bridgehead atoms. The highest BCUT2D eigenvalue weighted by Gasteiger charge is 2.15. The highest BCUT2D eigenvalue weighted by molar-refractivity contribution is 5.31. The van der Waals surface area contributed by atoms with Gasteiger partial charge in [-0.3, -0.25) is 0 Å². The normalized spacial score (nSPS) is 13.2. The molecular weight excluding hydrogens is 340 g/mol. The third kappa shape index (κ3) is 4.42. The molecule has 0 fully saturated rings. The zero-order valence-electron chi connectivity index (χ0n) is 15.6. The number of aromatic nitrogens is 5. The van der Waals surface area contributed by atoms with Gasteiger partial charge in [0.2, 0.25) is 11.8 Å². The van der Waals surface area contributed by atoms with Crippen LogP contribution in [0.2, 0.25) is 0 Å². The molecule has 7 nitrogen and oxygen atoms in total. The van der Waals surface area contributed by atoms with Crippen molar-refractivity contribution in [3.05, 3.63) is 59.3 Å². The number of ether oxygens (including phenoxy) is 1. The molecule has 0 aliphatic carbocycles. The van der Waals surface area contributed by atoms with Crippen molar-refractivity contribution in [3.63, 3.8) is 0 Å². The van der Waals surface area contributed by atoms with E-state index in [-0.39, 0.29) is 0 Å². The zero-order chi connectivity index (χ0) is 18.5. The SMILES string of the molecule is Cc1cc(OCc2ccccc2)nc(NCCc2nnc3n2CCCC3)n1. The minimum Gasteiger partial charge on any atom is -0.473 e. The van der Waals surface area contributed by atoms with E-state index in [9.17, 15) is 0 Å². The van der Waals surface area contributed by atoms with Gasteiger partial charge in [-0.05, 0) is 25.3 Å². The molecule has 0 saturated heterocycles. The maximum absolute atomic E-state index is 5.82. The molecule has 3 heterocycles. The highest BCUT2D eigenvalue weighted by Crippen LogP contribution is 2.16. The van der Waals surface area contributed by atoms with Crippen molar-refractivity contribution in [1.29, 1.82) is 0 Å². The molecule has 0 atom stereocenters. The van der Waals surface area contributed by atoms with Crippen LogP contribution in [0.5, 0.6) is 5.88 Å². The summed E-state index contributed by atoms with van der Waals surface area (Å²) in [6, 6.07) is 11.9. The topological polar surface area (TPSA) is 77.8 Å². The first-order valence-electron chi connectivity index (χ1n) is 9.45. The van der Waals surface area contributed by atoms with E-state index in [4.69, 9.17) is 4.74 Å². The van der Waals surface area contributed by atoms with Crippen LogP contribution in [0.1, 0.15) is 35.7 Å². The molecule has 1 aromatic carbocycles. The van der Waals surface area contributed by atoms with Gasteiger partial charge in [-0.2, -0.15) is 4.98 Å². The van der Waals surface area contributed by atoms with E-state index in [2.05, 4.69) is 30.0 Å². The van der Waals surface area contributed by atoms with E-state index in [1.807, 2.05) is 43.3 Å². The lowest BCUT2D eigenvalue weighted by molar-refractivity contribution is 0.293. The van der Waals surface area contributed by atoms with Crippen molar-refractivity contribution in [1.82, 2.24) is 24.7 Å². The van der Waals surface area contributed by atoms with Crippen LogP contribution in [-0.2, 0) is 26.0 Å². The quantitative estimate of drug-likeness (QED) is 0.694. The van der Waals surface area contributed by atoms with Crippen LogP contribution in [0, 0.1) is 6.92 Å². The van der Waals surface area contributed by atoms with E-state index in [1.165, 1.54) is 12.8 Å². The van der Waals surface area contributed by atoms with Gasteiger partial charge in [-0.1, -0.05) is 30.3 Å². The second-order valence-electron chi connectivity index (χ2n) is 6.76. The minimum absolute atomic E-state index is 0.489. The molecule has 27 heavy (non-hydrogen) atoms. The second kappa shape index (κ2) is 8.16. The Morgan fingerprint density at radius 1 is 1.11 bits per heavy atom. The Labute approximate surface area is 158 Å². The van der Waals surface area contributed by atoms with Crippen LogP contribution in [0.25, 0.3) is 0 Å². The summed E-state index contributed by atoms with van der Waals surface area (Å²) >= 11 is 0. The largest absolute Gasteiger partial charge is 0.473 e. The van der Waals surface area contributed by atoms with Crippen LogP contribution in [0.4, 0.5) is 5.95 Å². The number of aryl methyl sites for hydroxylation is 2. The van der Waals surface area contributed by atoms with Gasteiger partial charge < -0.3 is 14.6 Å². The Kier molecular flexibility index (Phi) is 5.27. The van der Waals surface area contributed by atoms with Crippen LogP contribution in [0.15, 0.2) is 36.4 Å². The summed E-state index contributed by atoms with van der Waals surface area (Å²) in [5.41, 5.74) is 1.98. The number of hydrogen-bond donors (Lipinski definition) is 1. The summed E-state index contributed by atoms with van der Waals surface area (Å²) in [6.45, 7) is 4.16. The zero-order valence-corrected chi connectivity index (χ0v) is 15.6. The first kappa shape index (κ1) is 17.5. The predicted molar refractivity (Wildman–Crippen MR) is 103 cm³/mol. The molecule has 140 valence electrons. The summed E-state index contributed by atoms with van der Waals surface area (Å²) < 4.78 is 8.07. The Bertz CT molecular complexity index is 893. The Morgan fingerprint density at radius 3 is 2.89 bits per heavy atom. The Morgan fingerprint density at radius 2 is 2.00 bits per heavy atom. The molecule has 0 amide bonds. The van der Waals surface area contributed by atoms with Crippen molar-refractivity contribution in [2.75, 3.05) is 11.9 Å². The predicted octanol–water partition coefficient (Wildman–Crippen LogP) is 2.95. The van der Waals surface area contributed by atoms with E-state index in [0.29, 0.717) is 25.0 Å². The Hall–Kier alpha value is -2.96. The molecule has 0 saturated carbocycles. The van der Waals surface area contributed by atoms with Crippen molar-refractivity contribution in [3.8, 4) is 5.88 Å². The number of nitrogens with zero attached hydrogens (tertiary/aromatic N) is 5. The summed E-state index contributed by atoms with van der Waals surface area (Å²) in [4.78, 5) is 8.92. The van der Waals surface area contributed by atoms with Gasteiger partial charge in [-0.25, -0.2) is 4.98 Å². The van der Waals surface area contributed by atoms with Crippen LogP contribution >= 0.6 is 0 Å². The molecule has 1 aliphatic rings. The lowest BCUT2D eigenvalue weighted by Crippen LogP contribution is -2.16. The average molecular weight is 364 g/mol. The lowest BCUT2D eigenvalue weighted by Gasteiger charge is -2.14. The fourth-order valence-corrected chi connectivity index (χ4v) is 3.26. The Balaban J connectivity index is 1.35. The fourth-order valence-electron chi connectivity index (χ4n) is 3.26. The molecule has 3 aromatic rings. The molecule has 1 aliphatic heterocycles. The molecular formula is C20H24N6O. The van der Waals surface area contributed by atoms with Gasteiger partial charge >= 0.3 is 0 Å². The maximum atomic E-state index is 5.82. The summed E-state index contributed by atoms with van der Waals surface area (Å²) in [7, 11) is 0. The number of benzene rings is 1. The lowest BCUT2D eigenvalue weighted by atomic mass is 10.1. The fraction of sp³-hybridized carbons (Fsp3) is 0.400. The summed E-state index contributed by atoms with van der Waals surface area (Å²) in [6.07, 6.45) is 4.24. The van der Waals surface area contributed by atoms with Crippen LogP contribution in [-0.4, -0.2) is 31.3 Å². The van der Waals surface area contributed by atoms with E-state index in [1.54, 1.807) is 0 Å². The molecule has 4 rings (SSSR count). The summed E-state index contributed by atoms with van der Waals surface area (Å²) in [5.74, 6) is 3.30. The van der Waals surface area contributed by atoms with Gasteiger partial charge in [-0.15, -0.1) is 10.2 Å². The van der Waals surface area contributed by atoms with E-state index in [0.717, 1.165) is 42.3 Å². The van der Waals surface area contributed by atoms with Crippen LogP contribution < -0.4 is 10.1 Å². The number of hydrogen-bond acceptors (Lipinski definition) is 6. The monoisotopic (exact) mass is 364 g/mol. The first-order valence-corrected chi connectivity index (χ1v) is 9.45. The highest BCUT2D eigenvalue weighted by atomic mass is 16.5. The average Bonchev–Trinajstić information content (AvgIpc) is 3.10. The molecule has 0 unspecified atom stereocenters.